The molecule has 0 aliphatic heterocycles. The van der Waals surface area contributed by atoms with Crippen LogP contribution in [0.1, 0.15) is 49.0 Å². The topological polar surface area (TPSA) is 54.0 Å². The Morgan fingerprint density at radius 3 is 2.42 bits per heavy atom. The van der Waals surface area contributed by atoms with Gasteiger partial charge in [-0.05, 0) is 49.2 Å². The molecule has 2 N–H and O–H groups in total. The van der Waals surface area contributed by atoms with E-state index < -0.39 is 0 Å². The van der Waals surface area contributed by atoms with Crippen molar-refractivity contribution in [1.82, 2.24) is 10.3 Å². The molecule has 0 radical (unpaired) electrons. The lowest BCUT2D eigenvalue weighted by atomic mass is 10.1. The Kier molecular flexibility index (Phi) is 5.86. The molecule has 1 aromatic carbocycles. The first-order valence-corrected chi connectivity index (χ1v) is 9.29. The van der Waals surface area contributed by atoms with Gasteiger partial charge in [-0.3, -0.25) is 9.78 Å². The molecule has 1 aromatic heterocycles. The predicted octanol–water partition coefficient (Wildman–Crippen LogP) is 5.04. The molecule has 126 valence electrons. The maximum Gasteiger partial charge on any atom is 0.270 e. The molecule has 5 heteroatoms. The number of halogens is 1. The van der Waals surface area contributed by atoms with Crippen LogP contribution in [0.25, 0.3) is 0 Å². The average molecular weight is 388 g/mol. The quantitative estimate of drug-likeness (QED) is 0.722. The highest BCUT2D eigenvalue weighted by Crippen LogP contribution is 2.20. The summed E-state index contributed by atoms with van der Waals surface area (Å²) < 4.78 is 1.03. The summed E-state index contributed by atoms with van der Waals surface area (Å²) in [5.74, 6) is -0.0821. The molecule has 0 bridgehead atoms. The van der Waals surface area contributed by atoms with Crippen LogP contribution in [0.3, 0.4) is 0 Å². The second kappa shape index (κ2) is 8.29. The summed E-state index contributed by atoms with van der Waals surface area (Å²) >= 11 is 3.42. The molecule has 0 spiro atoms. The van der Waals surface area contributed by atoms with Crippen molar-refractivity contribution in [3.63, 3.8) is 0 Å². The summed E-state index contributed by atoms with van der Waals surface area (Å²) in [6, 6.07) is 11.9. The smallest absolute Gasteiger partial charge is 0.270 e. The number of amides is 1. The average Bonchev–Trinajstić information content (AvgIpc) is 2.86. The first-order valence-electron chi connectivity index (χ1n) is 8.50. The van der Waals surface area contributed by atoms with E-state index in [1.54, 1.807) is 12.3 Å². The lowest BCUT2D eigenvalue weighted by Gasteiger charge is -2.16. The zero-order valence-electron chi connectivity index (χ0n) is 13.6. The third-order valence-electron chi connectivity index (χ3n) is 4.32. The van der Waals surface area contributed by atoms with Crippen LogP contribution in [0.15, 0.2) is 47.1 Å². The molecule has 4 nitrogen and oxygen atoms in total. The molecule has 1 fully saturated rings. The molecule has 1 aliphatic carbocycles. The van der Waals surface area contributed by atoms with Crippen molar-refractivity contribution in [2.24, 2.45) is 0 Å². The number of nitrogens with one attached hydrogen (secondary N) is 2. The minimum Gasteiger partial charge on any atom is -0.355 e. The monoisotopic (exact) mass is 387 g/mol. The fourth-order valence-corrected chi connectivity index (χ4v) is 3.28. The van der Waals surface area contributed by atoms with Crippen LogP contribution in [0.4, 0.5) is 11.4 Å². The Bertz CT molecular complexity index is 679. The molecule has 0 atom stereocenters. The summed E-state index contributed by atoms with van der Waals surface area (Å²) in [4.78, 5) is 16.7. The van der Waals surface area contributed by atoms with Crippen molar-refractivity contribution in [3.8, 4) is 0 Å². The summed E-state index contributed by atoms with van der Waals surface area (Å²) in [6.07, 6.45) is 8.76. The Labute approximate surface area is 151 Å². The highest BCUT2D eigenvalue weighted by atomic mass is 79.9. The molecule has 0 saturated heterocycles. The van der Waals surface area contributed by atoms with Gasteiger partial charge in [0.2, 0.25) is 0 Å². The second-order valence-electron chi connectivity index (χ2n) is 6.22. The standard InChI is InChI=1S/C19H22BrN3O/c20-14-7-9-16(10-8-14)22-17-11-12-21-18(13-17)19(24)23-15-5-3-1-2-4-6-15/h7-13,15H,1-6H2,(H,21,22)(H,23,24). The van der Waals surface area contributed by atoms with Gasteiger partial charge in [0.1, 0.15) is 5.69 Å². The fourth-order valence-electron chi connectivity index (χ4n) is 3.02. The van der Waals surface area contributed by atoms with E-state index in [1.165, 1.54) is 25.7 Å². The number of aromatic nitrogens is 1. The molecule has 24 heavy (non-hydrogen) atoms. The Morgan fingerprint density at radius 2 is 1.71 bits per heavy atom. The van der Waals surface area contributed by atoms with Gasteiger partial charge < -0.3 is 10.6 Å². The number of benzene rings is 1. The van der Waals surface area contributed by atoms with Crippen molar-refractivity contribution < 1.29 is 4.79 Å². The van der Waals surface area contributed by atoms with Crippen LogP contribution in [0.2, 0.25) is 0 Å². The van der Waals surface area contributed by atoms with Crippen LogP contribution in [-0.4, -0.2) is 16.9 Å². The minimum atomic E-state index is -0.0821. The van der Waals surface area contributed by atoms with E-state index in [9.17, 15) is 4.79 Å². The van der Waals surface area contributed by atoms with Crippen molar-refractivity contribution in [2.75, 3.05) is 5.32 Å². The number of rotatable bonds is 4. The molecule has 1 amide bonds. The molecule has 1 heterocycles. The molecule has 0 unspecified atom stereocenters. The molecule has 3 rings (SSSR count). The van der Waals surface area contributed by atoms with Gasteiger partial charge in [0.05, 0.1) is 0 Å². The van der Waals surface area contributed by atoms with Crippen molar-refractivity contribution in [2.45, 2.75) is 44.6 Å². The molecule has 1 aliphatic rings. The summed E-state index contributed by atoms with van der Waals surface area (Å²) in [5.41, 5.74) is 2.29. The summed E-state index contributed by atoms with van der Waals surface area (Å²) in [7, 11) is 0. The van der Waals surface area contributed by atoms with E-state index in [0.29, 0.717) is 5.69 Å². The highest BCUT2D eigenvalue weighted by Gasteiger charge is 2.16. The van der Waals surface area contributed by atoms with Crippen LogP contribution in [0.5, 0.6) is 0 Å². The first kappa shape index (κ1) is 17.0. The van der Waals surface area contributed by atoms with Gasteiger partial charge >= 0.3 is 0 Å². The number of carbonyl (C=O) groups excluding carboxylic acids is 1. The number of hydrogen-bond acceptors (Lipinski definition) is 3. The summed E-state index contributed by atoms with van der Waals surface area (Å²) in [5, 5.41) is 6.44. The van der Waals surface area contributed by atoms with Crippen molar-refractivity contribution >= 4 is 33.2 Å². The van der Waals surface area contributed by atoms with Gasteiger partial charge in [0, 0.05) is 28.1 Å². The molecular formula is C19H22BrN3O. The number of pyridine rings is 1. The van der Waals surface area contributed by atoms with E-state index >= 15 is 0 Å². The number of hydrogen-bond donors (Lipinski definition) is 2. The largest absolute Gasteiger partial charge is 0.355 e. The third kappa shape index (κ3) is 4.81. The maximum atomic E-state index is 12.5. The minimum absolute atomic E-state index is 0.0821. The molecular weight excluding hydrogens is 366 g/mol. The van der Waals surface area contributed by atoms with E-state index in [2.05, 4.69) is 31.5 Å². The SMILES string of the molecule is O=C(NC1CCCCCC1)c1cc(Nc2ccc(Br)cc2)ccn1. The van der Waals surface area contributed by atoms with Crippen LogP contribution >= 0.6 is 15.9 Å². The van der Waals surface area contributed by atoms with Gasteiger partial charge in [-0.2, -0.15) is 0 Å². The van der Waals surface area contributed by atoms with Gasteiger partial charge in [-0.1, -0.05) is 41.6 Å². The van der Waals surface area contributed by atoms with Gasteiger partial charge in [-0.25, -0.2) is 0 Å². The molecule has 2 aromatic rings. The second-order valence-corrected chi connectivity index (χ2v) is 7.14. The van der Waals surface area contributed by atoms with E-state index in [0.717, 1.165) is 28.7 Å². The Hall–Kier alpha value is -1.88. The van der Waals surface area contributed by atoms with Crippen molar-refractivity contribution in [3.05, 3.63) is 52.8 Å². The van der Waals surface area contributed by atoms with Crippen LogP contribution in [0, 0.1) is 0 Å². The van der Waals surface area contributed by atoms with Gasteiger partial charge in [0.15, 0.2) is 0 Å². The van der Waals surface area contributed by atoms with Gasteiger partial charge in [-0.15, -0.1) is 0 Å². The van der Waals surface area contributed by atoms with Gasteiger partial charge in [0.25, 0.3) is 5.91 Å². The van der Waals surface area contributed by atoms with Crippen LogP contribution in [-0.2, 0) is 0 Å². The lowest BCUT2D eigenvalue weighted by molar-refractivity contribution is 0.0928. The van der Waals surface area contributed by atoms with E-state index in [4.69, 9.17) is 0 Å². The van der Waals surface area contributed by atoms with E-state index in [-0.39, 0.29) is 11.9 Å². The number of carbonyl (C=O) groups is 1. The third-order valence-corrected chi connectivity index (χ3v) is 4.84. The van der Waals surface area contributed by atoms with Crippen LogP contribution < -0.4 is 10.6 Å². The zero-order chi connectivity index (χ0) is 16.8. The maximum absolute atomic E-state index is 12.5. The fraction of sp³-hybridized carbons (Fsp3) is 0.368. The van der Waals surface area contributed by atoms with E-state index in [1.807, 2.05) is 30.3 Å². The zero-order valence-corrected chi connectivity index (χ0v) is 15.2. The first-order chi connectivity index (χ1) is 11.7. The highest BCUT2D eigenvalue weighted by molar-refractivity contribution is 9.10. The number of anilines is 2. The number of nitrogens with zero attached hydrogens (tertiary/aromatic N) is 1. The lowest BCUT2D eigenvalue weighted by Crippen LogP contribution is -2.34. The summed E-state index contributed by atoms with van der Waals surface area (Å²) in [6.45, 7) is 0. The normalized spacial score (nSPS) is 15.5. The Balaban J connectivity index is 1.65. The Morgan fingerprint density at radius 1 is 1.00 bits per heavy atom. The predicted molar refractivity (Wildman–Crippen MR) is 101 cm³/mol. The van der Waals surface area contributed by atoms with Crippen molar-refractivity contribution in [1.29, 1.82) is 0 Å². The molecule has 1 saturated carbocycles.